The number of rotatable bonds is 3. The Balaban J connectivity index is 1.97. The van der Waals surface area contributed by atoms with Gasteiger partial charge < -0.3 is 9.84 Å². The molecule has 1 N–H and O–H groups in total. The molecule has 0 amide bonds. The molecule has 15 heavy (non-hydrogen) atoms. The molecule has 1 heterocycles. The summed E-state index contributed by atoms with van der Waals surface area (Å²) in [5.74, 6) is 0. The van der Waals surface area contributed by atoms with Gasteiger partial charge in [-0.25, -0.2) is 0 Å². The molecule has 2 aliphatic rings. The highest BCUT2D eigenvalue weighted by molar-refractivity contribution is 4.95. The van der Waals surface area contributed by atoms with Gasteiger partial charge in [0.15, 0.2) is 0 Å². The summed E-state index contributed by atoms with van der Waals surface area (Å²) in [6, 6.07) is 0. The van der Waals surface area contributed by atoms with E-state index in [0.717, 1.165) is 32.7 Å². The van der Waals surface area contributed by atoms with Crippen molar-refractivity contribution in [2.45, 2.75) is 44.1 Å². The van der Waals surface area contributed by atoms with Gasteiger partial charge in [0.25, 0.3) is 0 Å². The molecular weight excluding hydrogens is 190 g/mol. The van der Waals surface area contributed by atoms with Crippen molar-refractivity contribution in [1.29, 1.82) is 0 Å². The number of ether oxygens (including phenoxy) is 1. The minimum Gasteiger partial charge on any atom is -0.396 e. The van der Waals surface area contributed by atoms with Gasteiger partial charge in [0.1, 0.15) is 0 Å². The molecule has 1 aliphatic carbocycles. The van der Waals surface area contributed by atoms with Crippen LogP contribution < -0.4 is 0 Å². The van der Waals surface area contributed by atoms with E-state index in [9.17, 15) is 0 Å². The first kappa shape index (κ1) is 11.4. The minimum atomic E-state index is 0.313. The molecule has 1 aliphatic heterocycles. The van der Waals surface area contributed by atoms with E-state index in [-0.39, 0.29) is 0 Å². The molecule has 88 valence electrons. The Bertz CT molecular complexity index is 182. The molecule has 1 saturated heterocycles. The number of hydrogen-bond donors (Lipinski definition) is 1. The van der Waals surface area contributed by atoms with Crippen LogP contribution in [-0.4, -0.2) is 48.5 Å². The highest BCUT2D eigenvalue weighted by Gasteiger charge is 2.39. The van der Waals surface area contributed by atoms with Crippen molar-refractivity contribution in [2.75, 3.05) is 32.9 Å². The van der Waals surface area contributed by atoms with Crippen LogP contribution in [0.15, 0.2) is 0 Å². The van der Waals surface area contributed by atoms with E-state index in [4.69, 9.17) is 9.84 Å². The van der Waals surface area contributed by atoms with Crippen molar-refractivity contribution in [1.82, 2.24) is 4.90 Å². The number of aliphatic hydroxyl groups is 1. The van der Waals surface area contributed by atoms with Crippen molar-refractivity contribution in [3.8, 4) is 0 Å². The van der Waals surface area contributed by atoms with Gasteiger partial charge in [-0.2, -0.15) is 0 Å². The average Bonchev–Trinajstić information content (AvgIpc) is 2.29. The van der Waals surface area contributed by atoms with Crippen molar-refractivity contribution in [3.63, 3.8) is 0 Å². The van der Waals surface area contributed by atoms with Crippen molar-refractivity contribution in [3.05, 3.63) is 0 Å². The molecule has 0 aromatic carbocycles. The lowest BCUT2D eigenvalue weighted by atomic mass is 9.80. The third-order valence-corrected chi connectivity index (χ3v) is 3.92. The number of nitrogens with zero attached hydrogens (tertiary/aromatic N) is 1. The molecule has 0 radical (unpaired) electrons. The second-order valence-corrected chi connectivity index (χ2v) is 4.90. The monoisotopic (exact) mass is 213 g/mol. The number of aliphatic hydroxyl groups excluding tert-OH is 1. The first-order chi connectivity index (χ1) is 7.37. The first-order valence-corrected chi connectivity index (χ1v) is 6.31. The lowest BCUT2D eigenvalue weighted by Crippen LogP contribution is -2.58. The van der Waals surface area contributed by atoms with Gasteiger partial charge >= 0.3 is 0 Å². The minimum absolute atomic E-state index is 0.313. The Morgan fingerprint density at radius 1 is 1.20 bits per heavy atom. The Hall–Kier alpha value is -0.120. The van der Waals surface area contributed by atoms with Crippen LogP contribution in [0.5, 0.6) is 0 Å². The van der Waals surface area contributed by atoms with Gasteiger partial charge in [0.05, 0.1) is 13.2 Å². The van der Waals surface area contributed by atoms with Crippen molar-refractivity contribution in [2.24, 2.45) is 0 Å². The Morgan fingerprint density at radius 3 is 2.73 bits per heavy atom. The predicted molar refractivity (Wildman–Crippen MR) is 59.9 cm³/mol. The van der Waals surface area contributed by atoms with E-state index in [1.54, 1.807) is 0 Å². The summed E-state index contributed by atoms with van der Waals surface area (Å²) in [5.41, 5.74) is 0.325. The third-order valence-electron chi connectivity index (χ3n) is 3.92. The normalized spacial score (nSPS) is 27.0. The van der Waals surface area contributed by atoms with E-state index in [0.29, 0.717) is 12.1 Å². The number of morpholine rings is 1. The summed E-state index contributed by atoms with van der Waals surface area (Å²) in [4.78, 5) is 2.58. The highest BCUT2D eigenvalue weighted by atomic mass is 16.5. The molecular formula is C12H23NO2. The second-order valence-electron chi connectivity index (χ2n) is 4.90. The predicted octanol–water partition coefficient (Wildman–Crippen LogP) is 1.40. The average molecular weight is 213 g/mol. The van der Waals surface area contributed by atoms with Gasteiger partial charge in [-0.05, 0) is 19.3 Å². The van der Waals surface area contributed by atoms with E-state index in [1.807, 2.05) is 0 Å². The summed E-state index contributed by atoms with van der Waals surface area (Å²) in [7, 11) is 0. The van der Waals surface area contributed by atoms with Crippen LogP contribution in [0, 0.1) is 0 Å². The standard InChI is InChI=1S/C12H23NO2/c14-9-4-7-13-8-10-15-11-12(13)5-2-1-3-6-12/h14H,1-11H2. The smallest absolute Gasteiger partial charge is 0.0651 e. The molecule has 2 fully saturated rings. The zero-order chi connectivity index (χ0) is 10.6. The maximum Gasteiger partial charge on any atom is 0.0651 e. The third kappa shape index (κ3) is 2.52. The van der Waals surface area contributed by atoms with Gasteiger partial charge in [0, 0.05) is 25.2 Å². The highest BCUT2D eigenvalue weighted by Crippen LogP contribution is 2.35. The lowest BCUT2D eigenvalue weighted by Gasteiger charge is -2.49. The Labute approximate surface area is 92.4 Å². The molecule has 3 nitrogen and oxygen atoms in total. The maximum absolute atomic E-state index is 8.93. The summed E-state index contributed by atoms with van der Waals surface area (Å²) in [5, 5.41) is 8.93. The van der Waals surface area contributed by atoms with Crippen LogP contribution in [-0.2, 0) is 4.74 Å². The lowest BCUT2D eigenvalue weighted by molar-refractivity contribution is -0.0866. The molecule has 3 heteroatoms. The molecule has 0 aromatic rings. The van der Waals surface area contributed by atoms with E-state index in [2.05, 4.69) is 4.90 Å². The molecule has 2 rings (SSSR count). The SMILES string of the molecule is OCCCN1CCOCC12CCCCC2. The molecule has 1 spiro atoms. The molecule has 0 atom stereocenters. The summed E-state index contributed by atoms with van der Waals surface area (Å²) in [6.07, 6.45) is 7.56. The second kappa shape index (κ2) is 5.28. The molecule has 0 aromatic heterocycles. The molecule has 0 unspecified atom stereocenters. The van der Waals surface area contributed by atoms with Crippen molar-refractivity contribution < 1.29 is 9.84 Å². The fourth-order valence-corrected chi connectivity index (χ4v) is 3.05. The van der Waals surface area contributed by atoms with Gasteiger partial charge in [0.2, 0.25) is 0 Å². The van der Waals surface area contributed by atoms with E-state index in [1.165, 1.54) is 32.1 Å². The first-order valence-electron chi connectivity index (χ1n) is 6.31. The molecule has 0 bridgehead atoms. The Kier molecular flexibility index (Phi) is 4.00. The van der Waals surface area contributed by atoms with E-state index >= 15 is 0 Å². The van der Waals surface area contributed by atoms with Crippen LogP contribution in [0.1, 0.15) is 38.5 Å². The van der Waals surface area contributed by atoms with Gasteiger partial charge in [-0.15, -0.1) is 0 Å². The zero-order valence-electron chi connectivity index (χ0n) is 9.58. The van der Waals surface area contributed by atoms with Gasteiger partial charge in [-0.1, -0.05) is 19.3 Å². The van der Waals surface area contributed by atoms with Crippen LogP contribution >= 0.6 is 0 Å². The van der Waals surface area contributed by atoms with Crippen LogP contribution in [0.3, 0.4) is 0 Å². The fourth-order valence-electron chi connectivity index (χ4n) is 3.05. The quantitative estimate of drug-likeness (QED) is 0.769. The Morgan fingerprint density at radius 2 is 2.00 bits per heavy atom. The number of hydrogen-bond acceptors (Lipinski definition) is 3. The summed E-state index contributed by atoms with van der Waals surface area (Å²) in [6.45, 7) is 4.19. The van der Waals surface area contributed by atoms with E-state index < -0.39 is 0 Å². The van der Waals surface area contributed by atoms with Crippen molar-refractivity contribution >= 4 is 0 Å². The largest absolute Gasteiger partial charge is 0.396 e. The fraction of sp³-hybridized carbons (Fsp3) is 1.00. The summed E-state index contributed by atoms with van der Waals surface area (Å²) < 4.78 is 5.67. The van der Waals surface area contributed by atoms with Crippen LogP contribution in [0.2, 0.25) is 0 Å². The van der Waals surface area contributed by atoms with Gasteiger partial charge in [-0.3, -0.25) is 4.90 Å². The summed E-state index contributed by atoms with van der Waals surface area (Å²) >= 11 is 0. The molecule has 1 saturated carbocycles. The zero-order valence-corrected chi connectivity index (χ0v) is 9.58. The topological polar surface area (TPSA) is 32.7 Å². The van der Waals surface area contributed by atoms with Crippen LogP contribution in [0.4, 0.5) is 0 Å². The van der Waals surface area contributed by atoms with Crippen LogP contribution in [0.25, 0.3) is 0 Å². The maximum atomic E-state index is 8.93.